The molecule has 1 N–H and O–H groups in total. The molecule has 1 fully saturated rings. The lowest BCUT2D eigenvalue weighted by Crippen LogP contribution is -2.45. The van der Waals surface area contributed by atoms with Crippen molar-refractivity contribution in [2.75, 3.05) is 13.1 Å². The van der Waals surface area contributed by atoms with Crippen molar-refractivity contribution in [3.63, 3.8) is 0 Å². The van der Waals surface area contributed by atoms with E-state index in [9.17, 15) is 5.26 Å². The summed E-state index contributed by atoms with van der Waals surface area (Å²) in [6.45, 7) is 11.1. The summed E-state index contributed by atoms with van der Waals surface area (Å²) in [5, 5.41) is 12.8. The molecular formula is C18H35N3. The fourth-order valence-electron chi connectivity index (χ4n) is 3.58. The van der Waals surface area contributed by atoms with Gasteiger partial charge in [0.1, 0.15) is 5.54 Å². The van der Waals surface area contributed by atoms with Crippen LogP contribution in [0, 0.1) is 11.3 Å². The molecule has 0 bridgehead atoms. The lowest BCUT2D eigenvalue weighted by Gasteiger charge is -2.30. The van der Waals surface area contributed by atoms with E-state index in [1.54, 1.807) is 0 Å². The van der Waals surface area contributed by atoms with Gasteiger partial charge in [0, 0.05) is 12.1 Å². The van der Waals surface area contributed by atoms with E-state index >= 15 is 0 Å². The van der Waals surface area contributed by atoms with Crippen molar-refractivity contribution in [3.05, 3.63) is 0 Å². The normalized spacial score (nSPS) is 23.5. The lowest BCUT2D eigenvalue weighted by molar-refractivity contribution is 0.189. The van der Waals surface area contributed by atoms with Crippen molar-refractivity contribution < 1.29 is 0 Å². The van der Waals surface area contributed by atoms with Gasteiger partial charge >= 0.3 is 0 Å². The van der Waals surface area contributed by atoms with Crippen LogP contribution in [0.25, 0.3) is 0 Å². The van der Waals surface area contributed by atoms with E-state index in [0.717, 1.165) is 18.9 Å². The summed E-state index contributed by atoms with van der Waals surface area (Å²) in [5.74, 6) is 0. The van der Waals surface area contributed by atoms with E-state index in [0.29, 0.717) is 6.04 Å². The molecule has 0 amide bonds. The molecular weight excluding hydrogens is 258 g/mol. The van der Waals surface area contributed by atoms with Crippen LogP contribution in [0.4, 0.5) is 0 Å². The minimum absolute atomic E-state index is 0.364. The van der Waals surface area contributed by atoms with Crippen LogP contribution in [-0.4, -0.2) is 35.6 Å². The van der Waals surface area contributed by atoms with E-state index in [-0.39, 0.29) is 5.54 Å². The molecule has 0 aromatic heterocycles. The minimum atomic E-state index is -0.364. The number of nitrogens with one attached hydrogen (secondary N) is 1. The molecule has 2 unspecified atom stereocenters. The van der Waals surface area contributed by atoms with E-state index in [1.807, 2.05) is 6.92 Å². The Balaban J connectivity index is 2.33. The second kappa shape index (κ2) is 9.43. The third kappa shape index (κ3) is 6.80. The Morgan fingerprint density at radius 1 is 1.29 bits per heavy atom. The largest absolute Gasteiger partial charge is 0.300 e. The van der Waals surface area contributed by atoms with Gasteiger partial charge in [-0.25, -0.2) is 0 Å². The monoisotopic (exact) mass is 293 g/mol. The Hall–Kier alpha value is -0.590. The average Bonchev–Trinajstić information content (AvgIpc) is 2.67. The van der Waals surface area contributed by atoms with Crippen LogP contribution in [0.2, 0.25) is 0 Å². The zero-order valence-corrected chi connectivity index (χ0v) is 14.6. The molecule has 1 aliphatic rings. The Labute approximate surface area is 132 Å². The molecule has 1 saturated heterocycles. The van der Waals surface area contributed by atoms with E-state index in [1.165, 1.54) is 51.6 Å². The molecule has 1 aliphatic heterocycles. The summed E-state index contributed by atoms with van der Waals surface area (Å²) < 4.78 is 0. The molecule has 1 rings (SSSR count). The van der Waals surface area contributed by atoms with Gasteiger partial charge in [-0.15, -0.1) is 0 Å². The fraction of sp³-hybridized carbons (Fsp3) is 0.944. The maximum atomic E-state index is 9.38. The van der Waals surface area contributed by atoms with Crippen molar-refractivity contribution in [3.8, 4) is 6.07 Å². The third-order valence-corrected chi connectivity index (χ3v) is 4.70. The SMILES string of the molecule is CCC1CCCCCN1CCCCC(C)(C#N)NC(C)C. The van der Waals surface area contributed by atoms with Gasteiger partial charge in [0.15, 0.2) is 0 Å². The van der Waals surface area contributed by atoms with Crippen LogP contribution in [0.3, 0.4) is 0 Å². The molecule has 0 aromatic rings. The number of nitrogens with zero attached hydrogens (tertiary/aromatic N) is 2. The Morgan fingerprint density at radius 2 is 2.05 bits per heavy atom. The zero-order chi connectivity index (χ0) is 15.7. The van der Waals surface area contributed by atoms with E-state index in [4.69, 9.17) is 0 Å². The van der Waals surface area contributed by atoms with Gasteiger partial charge in [-0.05, 0) is 72.4 Å². The smallest absolute Gasteiger partial charge is 0.104 e. The molecule has 0 aromatic carbocycles. The quantitative estimate of drug-likeness (QED) is 0.685. The summed E-state index contributed by atoms with van der Waals surface area (Å²) in [4.78, 5) is 2.70. The van der Waals surface area contributed by atoms with Gasteiger partial charge in [-0.1, -0.05) is 19.8 Å². The highest BCUT2D eigenvalue weighted by Gasteiger charge is 2.24. The van der Waals surface area contributed by atoms with E-state index < -0.39 is 0 Å². The maximum Gasteiger partial charge on any atom is 0.104 e. The van der Waals surface area contributed by atoms with Crippen molar-refractivity contribution >= 4 is 0 Å². The van der Waals surface area contributed by atoms with Crippen LogP contribution in [0.5, 0.6) is 0 Å². The molecule has 21 heavy (non-hydrogen) atoms. The highest BCUT2D eigenvalue weighted by atomic mass is 15.1. The van der Waals surface area contributed by atoms with Crippen LogP contribution in [0.15, 0.2) is 0 Å². The maximum absolute atomic E-state index is 9.38. The van der Waals surface area contributed by atoms with Crippen molar-refractivity contribution in [2.45, 2.75) is 96.7 Å². The van der Waals surface area contributed by atoms with Crippen molar-refractivity contribution in [2.24, 2.45) is 0 Å². The molecule has 3 nitrogen and oxygen atoms in total. The first-order valence-corrected chi connectivity index (χ1v) is 8.93. The van der Waals surface area contributed by atoms with Gasteiger partial charge in [-0.3, -0.25) is 5.32 Å². The van der Waals surface area contributed by atoms with Crippen LogP contribution in [0.1, 0.15) is 79.1 Å². The van der Waals surface area contributed by atoms with Gasteiger partial charge in [0.25, 0.3) is 0 Å². The van der Waals surface area contributed by atoms with Gasteiger partial charge in [0.05, 0.1) is 6.07 Å². The summed E-state index contributed by atoms with van der Waals surface area (Å²) in [6, 6.07) is 3.61. The first-order chi connectivity index (χ1) is 10.0. The van der Waals surface area contributed by atoms with Crippen LogP contribution >= 0.6 is 0 Å². The minimum Gasteiger partial charge on any atom is -0.300 e. The standard InChI is InChI=1S/C18H35N3/c1-5-17-11-7-6-9-13-21(17)14-10-8-12-18(4,15-19)20-16(2)3/h16-17,20H,5-14H2,1-4H3. The van der Waals surface area contributed by atoms with Gasteiger partial charge in [-0.2, -0.15) is 5.26 Å². The first-order valence-electron chi connectivity index (χ1n) is 8.93. The van der Waals surface area contributed by atoms with Gasteiger partial charge < -0.3 is 4.90 Å². The van der Waals surface area contributed by atoms with Gasteiger partial charge in [0.2, 0.25) is 0 Å². The van der Waals surface area contributed by atoms with E-state index in [2.05, 4.69) is 37.1 Å². The molecule has 2 atom stereocenters. The third-order valence-electron chi connectivity index (χ3n) is 4.70. The Morgan fingerprint density at radius 3 is 2.67 bits per heavy atom. The molecule has 122 valence electrons. The van der Waals surface area contributed by atoms with Crippen molar-refractivity contribution in [1.82, 2.24) is 10.2 Å². The molecule has 0 saturated carbocycles. The first kappa shape index (κ1) is 18.5. The number of unbranched alkanes of at least 4 members (excludes halogenated alkanes) is 1. The zero-order valence-electron chi connectivity index (χ0n) is 14.6. The summed E-state index contributed by atoms with van der Waals surface area (Å²) in [5.41, 5.74) is -0.364. The Kier molecular flexibility index (Phi) is 8.29. The Bertz CT molecular complexity index is 321. The summed E-state index contributed by atoms with van der Waals surface area (Å²) >= 11 is 0. The fourth-order valence-corrected chi connectivity index (χ4v) is 3.58. The summed E-state index contributed by atoms with van der Waals surface area (Å²) in [7, 11) is 0. The van der Waals surface area contributed by atoms with Crippen LogP contribution < -0.4 is 5.32 Å². The molecule has 0 radical (unpaired) electrons. The number of rotatable bonds is 8. The average molecular weight is 293 g/mol. The lowest BCUT2D eigenvalue weighted by atomic mass is 9.95. The van der Waals surface area contributed by atoms with Crippen LogP contribution in [-0.2, 0) is 0 Å². The molecule has 3 heteroatoms. The second-order valence-corrected chi connectivity index (χ2v) is 7.15. The topological polar surface area (TPSA) is 39.1 Å². The number of hydrogen-bond acceptors (Lipinski definition) is 3. The highest BCUT2D eigenvalue weighted by molar-refractivity contribution is 5.04. The molecule has 0 spiro atoms. The molecule has 0 aliphatic carbocycles. The number of hydrogen-bond donors (Lipinski definition) is 1. The number of nitriles is 1. The second-order valence-electron chi connectivity index (χ2n) is 7.15. The number of likely N-dealkylation sites (tertiary alicyclic amines) is 1. The predicted octanol–water partition coefficient (Wildman–Crippen LogP) is 4.09. The molecule has 1 heterocycles. The predicted molar refractivity (Wildman–Crippen MR) is 90.3 cm³/mol. The highest BCUT2D eigenvalue weighted by Crippen LogP contribution is 2.20. The van der Waals surface area contributed by atoms with Crippen molar-refractivity contribution in [1.29, 1.82) is 5.26 Å². The summed E-state index contributed by atoms with van der Waals surface area (Å²) in [6.07, 6.45) is 10.1.